The van der Waals surface area contributed by atoms with E-state index in [1.165, 1.54) is 19.5 Å². The molecule has 0 saturated carbocycles. The molecule has 72 valence electrons. The summed E-state index contributed by atoms with van der Waals surface area (Å²) in [6.07, 6.45) is 2.93. The molecule has 0 N–H and O–H groups in total. The maximum atomic E-state index is 11.0. The Labute approximate surface area is 86.9 Å². The first-order valence-electron chi connectivity index (χ1n) is 3.81. The van der Waals surface area contributed by atoms with Crippen LogP contribution in [0.2, 0.25) is 0 Å². The van der Waals surface area contributed by atoms with Gasteiger partial charge in [-0.15, -0.1) is 12.6 Å². The Morgan fingerprint density at radius 2 is 2.43 bits per heavy atom. The zero-order valence-electron chi connectivity index (χ0n) is 7.52. The number of carbonyl (C=O) groups excluding carboxylic acids is 1. The third kappa shape index (κ3) is 2.24. The first-order valence-corrected chi connectivity index (χ1v) is 4.26. The van der Waals surface area contributed by atoms with Crippen molar-refractivity contribution in [2.45, 2.75) is 11.3 Å². The summed E-state index contributed by atoms with van der Waals surface area (Å²) in [4.78, 5) is 15.3. The number of nitrogens with zero attached hydrogens (tertiary/aromatic N) is 2. The number of methoxy groups -OCH3 is 1. The third-order valence-corrected chi connectivity index (χ3v) is 2.09. The van der Waals surface area contributed by atoms with E-state index in [2.05, 4.69) is 22.3 Å². The molecule has 0 aliphatic heterocycles. The highest BCUT2D eigenvalue weighted by molar-refractivity contribution is 7.80. The minimum Gasteiger partial charge on any atom is -0.469 e. The van der Waals surface area contributed by atoms with Crippen molar-refractivity contribution in [3.63, 3.8) is 0 Å². The molecule has 0 aliphatic carbocycles. The first-order chi connectivity index (χ1) is 6.69. The second kappa shape index (κ2) is 4.63. The summed E-state index contributed by atoms with van der Waals surface area (Å²) in [5, 5.41) is 8.75. The van der Waals surface area contributed by atoms with Crippen LogP contribution in [0.5, 0.6) is 0 Å². The third-order valence-electron chi connectivity index (χ3n) is 1.70. The van der Waals surface area contributed by atoms with E-state index in [-0.39, 0.29) is 6.42 Å². The molecule has 0 aliphatic rings. The molecule has 4 nitrogen and oxygen atoms in total. The monoisotopic (exact) mass is 208 g/mol. The number of aromatic nitrogens is 1. The molecule has 0 aromatic carbocycles. The van der Waals surface area contributed by atoms with Gasteiger partial charge in [-0.3, -0.25) is 9.78 Å². The van der Waals surface area contributed by atoms with Crippen LogP contribution in [0.1, 0.15) is 11.1 Å². The lowest BCUT2D eigenvalue weighted by molar-refractivity contribution is -0.139. The Hall–Kier alpha value is -1.54. The van der Waals surface area contributed by atoms with Gasteiger partial charge >= 0.3 is 5.97 Å². The van der Waals surface area contributed by atoms with Crippen LogP contribution in [0.4, 0.5) is 0 Å². The fourth-order valence-corrected chi connectivity index (χ4v) is 1.24. The molecular formula is C9H8N2O2S. The highest BCUT2D eigenvalue weighted by atomic mass is 32.1. The van der Waals surface area contributed by atoms with Crippen LogP contribution >= 0.6 is 12.6 Å². The minimum atomic E-state index is -0.400. The molecular weight excluding hydrogens is 200 g/mol. The maximum Gasteiger partial charge on any atom is 0.310 e. The molecule has 5 heteroatoms. The highest BCUT2D eigenvalue weighted by Crippen LogP contribution is 2.17. The molecule has 1 aromatic rings. The maximum absolute atomic E-state index is 11.0. The van der Waals surface area contributed by atoms with Crippen LogP contribution in [-0.4, -0.2) is 18.1 Å². The molecule has 0 spiro atoms. The zero-order chi connectivity index (χ0) is 10.6. The van der Waals surface area contributed by atoms with Crippen molar-refractivity contribution in [3.05, 3.63) is 23.5 Å². The SMILES string of the molecule is COC(=O)Cc1c(S)cncc1C#N. The molecule has 0 bridgehead atoms. The number of hydrogen-bond acceptors (Lipinski definition) is 5. The standard InChI is InChI=1S/C9H8N2O2S/c1-13-9(12)2-7-6(3-10)4-11-5-8(7)14/h4-5,14H,2H2,1H3. The van der Waals surface area contributed by atoms with Crippen molar-refractivity contribution in [3.8, 4) is 6.07 Å². The van der Waals surface area contributed by atoms with Crippen molar-refractivity contribution in [2.75, 3.05) is 7.11 Å². The first kappa shape index (κ1) is 10.5. The molecule has 0 atom stereocenters. The smallest absolute Gasteiger partial charge is 0.310 e. The van der Waals surface area contributed by atoms with Crippen LogP contribution in [0.3, 0.4) is 0 Å². The summed E-state index contributed by atoms with van der Waals surface area (Å²) in [6.45, 7) is 0. The summed E-state index contributed by atoms with van der Waals surface area (Å²) in [7, 11) is 1.30. The number of nitriles is 1. The number of ether oxygens (including phenoxy) is 1. The Bertz CT molecular complexity index is 398. The minimum absolute atomic E-state index is 0.0424. The van der Waals surface area contributed by atoms with Gasteiger partial charge in [0.05, 0.1) is 19.1 Å². The highest BCUT2D eigenvalue weighted by Gasteiger charge is 2.11. The molecule has 1 aromatic heterocycles. The van der Waals surface area contributed by atoms with Gasteiger partial charge in [0.1, 0.15) is 6.07 Å². The van der Waals surface area contributed by atoms with E-state index < -0.39 is 5.97 Å². The average molecular weight is 208 g/mol. The van der Waals surface area contributed by atoms with Gasteiger partial charge in [0.25, 0.3) is 0 Å². The van der Waals surface area contributed by atoms with Crippen molar-refractivity contribution >= 4 is 18.6 Å². The summed E-state index contributed by atoms with van der Waals surface area (Å²) in [5.41, 5.74) is 0.903. The van der Waals surface area contributed by atoms with Crippen molar-refractivity contribution in [1.82, 2.24) is 4.98 Å². The van der Waals surface area contributed by atoms with Gasteiger partial charge in [-0.05, 0) is 5.56 Å². The Morgan fingerprint density at radius 3 is 3.00 bits per heavy atom. The fraction of sp³-hybridized carbons (Fsp3) is 0.222. The number of thiol groups is 1. The molecule has 0 unspecified atom stereocenters. The van der Waals surface area contributed by atoms with E-state index in [0.29, 0.717) is 16.0 Å². The molecule has 1 rings (SSSR count). The molecule has 1 heterocycles. The number of rotatable bonds is 2. The van der Waals surface area contributed by atoms with Gasteiger partial charge in [-0.2, -0.15) is 5.26 Å². The average Bonchev–Trinajstić information content (AvgIpc) is 2.20. The number of hydrogen-bond donors (Lipinski definition) is 1. The van der Waals surface area contributed by atoms with E-state index in [1.807, 2.05) is 6.07 Å². The second-order valence-corrected chi connectivity index (χ2v) is 3.03. The van der Waals surface area contributed by atoms with E-state index >= 15 is 0 Å². The van der Waals surface area contributed by atoms with Crippen molar-refractivity contribution in [2.24, 2.45) is 0 Å². The van der Waals surface area contributed by atoms with Crippen LogP contribution < -0.4 is 0 Å². The van der Waals surface area contributed by atoms with Gasteiger partial charge in [0.2, 0.25) is 0 Å². The number of pyridine rings is 1. The lowest BCUT2D eigenvalue weighted by atomic mass is 10.1. The van der Waals surface area contributed by atoms with Gasteiger partial charge in [-0.1, -0.05) is 0 Å². The Morgan fingerprint density at radius 1 is 1.71 bits per heavy atom. The van der Waals surface area contributed by atoms with Crippen LogP contribution in [0.25, 0.3) is 0 Å². The lowest BCUT2D eigenvalue weighted by Crippen LogP contribution is -2.07. The second-order valence-electron chi connectivity index (χ2n) is 2.55. The fourth-order valence-electron chi connectivity index (χ4n) is 0.975. The Balaban J connectivity index is 3.06. The van der Waals surface area contributed by atoms with Crippen molar-refractivity contribution < 1.29 is 9.53 Å². The number of esters is 1. The van der Waals surface area contributed by atoms with E-state index in [4.69, 9.17) is 5.26 Å². The normalized spacial score (nSPS) is 9.21. The molecule has 0 saturated heterocycles. The van der Waals surface area contributed by atoms with E-state index in [9.17, 15) is 4.79 Å². The molecule has 0 amide bonds. The zero-order valence-corrected chi connectivity index (χ0v) is 8.41. The number of carbonyl (C=O) groups is 1. The summed E-state index contributed by atoms with van der Waals surface area (Å²) in [6, 6.07) is 1.95. The van der Waals surface area contributed by atoms with Gasteiger partial charge in [0, 0.05) is 17.3 Å². The van der Waals surface area contributed by atoms with Gasteiger partial charge in [-0.25, -0.2) is 0 Å². The van der Waals surface area contributed by atoms with E-state index in [0.717, 1.165) is 0 Å². The van der Waals surface area contributed by atoms with E-state index in [1.54, 1.807) is 0 Å². The van der Waals surface area contributed by atoms with Gasteiger partial charge < -0.3 is 4.74 Å². The predicted molar refractivity (Wildman–Crippen MR) is 51.9 cm³/mol. The molecule has 0 fully saturated rings. The summed E-state index contributed by atoms with van der Waals surface area (Å²) >= 11 is 4.11. The quantitative estimate of drug-likeness (QED) is 0.580. The molecule has 0 radical (unpaired) electrons. The predicted octanol–water partition coefficient (Wildman–Crippen LogP) is 0.957. The molecule has 14 heavy (non-hydrogen) atoms. The topological polar surface area (TPSA) is 63.0 Å². The van der Waals surface area contributed by atoms with Crippen LogP contribution in [-0.2, 0) is 16.0 Å². The largest absolute Gasteiger partial charge is 0.469 e. The van der Waals surface area contributed by atoms with Crippen LogP contribution in [0.15, 0.2) is 17.3 Å². The van der Waals surface area contributed by atoms with Gasteiger partial charge in [0.15, 0.2) is 0 Å². The summed E-state index contributed by atoms with van der Waals surface area (Å²) < 4.78 is 4.51. The van der Waals surface area contributed by atoms with Crippen molar-refractivity contribution in [1.29, 1.82) is 5.26 Å². The lowest BCUT2D eigenvalue weighted by Gasteiger charge is -2.04. The summed E-state index contributed by atoms with van der Waals surface area (Å²) in [5.74, 6) is -0.400. The van der Waals surface area contributed by atoms with Crippen LogP contribution in [0, 0.1) is 11.3 Å². The Kier molecular flexibility index (Phi) is 3.48.